The Morgan fingerprint density at radius 3 is 1.14 bits per heavy atom. The van der Waals surface area contributed by atoms with Crippen molar-refractivity contribution >= 4 is 22.7 Å². The molecule has 0 radical (unpaired) electrons. The minimum absolute atomic E-state index is 0.109. The first-order valence-electron chi connectivity index (χ1n) is 10.7. The molecule has 0 aliphatic rings. The first-order chi connectivity index (χ1) is 20.0. The van der Waals surface area contributed by atoms with Gasteiger partial charge in [-0.25, -0.2) is 0 Å². The molecule has 0 fully saturated rings. The molecule has 0 saturated heterocycles. The topological polar surface area (TPSA) is 191 Å². The van der Waals surface area contributed by atoms with Gasteiger partial charge >= 0.3 is 41.3 Å². The monoisotopic (exact) mass is 646 g/mol. The molecule has 0 aromatic heterocycles. The Kier molecular flexibility index (Phi) is 8.29. The number of nitrogens with zero attached hydrogens (tertiary/aromatic N) is 4. The van der Waals surface area contributed by atoms with Crippen LogP contribution in [0, 0.1) is 40.5 Å². The van der Waals surface area contributed by atoms with E-state index in [1.165, 1.54) is 0 Å². The molecule has 234 valence electrons. The van der Waals surface area contributed by atoms with Crippen molar-refractivity contribution in [2.45, 2.75) is 18.5 Å². The number of nitro groups is 4. The van der Waals surface area contributed by atoms with E-state index in [-0.39, 0.29) is 36.4 Å². The SMILES string of the molecule is O=[N+]([O-])c1cc(C(F)(F)F)cc([N+](=O)[O-])c1Oc1ccc(Oc2c([N+](=O)[O-])cc(C(F)(F)F)cc2[N+](=O)[O-])c(C(F)(F)F)c1. The predicted octanol–water partition coefficient (Wildman–Crippen LogP) is 7.96. The van der Waals surface area contributed by atoms with E-state index in [1.807, 2.05) is 0 Å². The van der Waals surface area contributed by atoms with Crippen molar-refractivity contribution in [2.75, 3.05) is 0 Å². The molecule has 14 nitrogen and oxygen atoms in total. The summed E-state index contributed by atoms with van der Waals surface area (Å²) in [6, 6.07) is -0.405. The van der Waals surface area contributed by atoms with Crippen molar-refractivity contribution in [1.29, 1.82) is 0 Å². The van der Waals surface area contributed by atoms with Gasteiger partial charge in [-0.1, -0.05) is 0 Å². The van der Waals surface area contributed by atoms with Crippen molar-refractivity contribution < 1.29 is 68.7 Å². The van der Waals surface area contributed by atoms with E-state index in [0.29, 0.717) is 6.07 Å². The summed E-state index contributed by atoms with van der Waals surface area (Å²) < 4.78 is 130. The summed E-state index contributed by atoms with van der Waals surface area (Å²) in [4.78, 5) is 39.1. The van der Waals surface area contributed by atoms with Gasteiger partial charge in [-0.2, -0.15) is 39.5 Å². The molecule has 0 spiro atoms. The lowest BCUT2D eigenvalue weighted by atomic mass is 10.1. The Morgan fingerprint density at radius 1 is 0.500 bits per heavy atom. The van der Waals surface area contributed by atoms with Gasteiger partial charge in [-0.05, 0) is 18.2 Å². The van der Waals surface area contributed by atoms with E-state index < -0.39 is 101 Å². The van der Waals surface area contributed by atoms with Gasteiger partial charge < -0.3 is 9.47 Å². The number of hydrogen-bond acceptors (Lipinski definition) is 10. The van der Waals surface area contributed by atoms with Crippen molar-refractivity contribution in [3.05, 3.63) is 99.6 Å². The summed E-state index contributed by atoms with van der Waals surface area (Å²) in [5.41, 5.74) is -12.8. The smallest absolute Gasteiger partial charge is 0.420 e. The number of rotatable bonds is 8. The van der Waals surface area contributed by atoms with Crippen LogP contribution in [0.4, 0.5) is 62.3 Å². The molecule has 0 bridgehead atoms. The maximum Gasteiger partial charge on any atom is 0.420 e. The molecule has 0 saturated carbocycles. The van der Waals surface area contributed by atoms with Gasteiger partial charge in [0.25, 0.3) is 11.5 Å². The van der Waals surface area contributed by atoms with Crippen LogP contribution in [0.5, 0.6) is 23.0 Å². The molecule has 0 N–H and O–H groups in total. The lowest BCUT2D eigenvalue weighted by Gasteiger charge is -2.16. The minimum atomic E-state index is -5.58. The van der Waals surface area contributed by atoms with E-state index in [9.17, 15) is 80.0 Å². The van der Waals surface area contributed by atoms with Crippen LogP contribution in [0.15, 0.2) is 42.5 Å². The first kappa shape index (κ1) is 32.7. The summed E-state index contributed by atoms with van der Waals surface area (Å²) in [7, 11) is 0. The van der Waals surface area contributed by atoms with Crippen LogP contribution >= 0.6 is 0 Å². The molecule has 44 heavy (non-hydrogen) atoms. The second-order valence-corrected chi connectivity index (χ2v) is 8.07. The molecule has 0 heterocycles. The zero-order valence-corrected chi connectivity index (χ0v) is 20.3. The lowest BCUT2D eigenvalue weighted by molar-refractivity contribution is -0.396. The highest BCUT2D eigenvalue weighted by Gasteiger charge is 2.42. The normalized spacial score (nSPS) is 12.0. The minimum Gasteiger partial charge on any atom is -0.444 e. The lowest BCUT2D eigenvalue weighted by Crippen LogP contribution is -2.11. The second kappa shape index (κ2) is 11.1. The fourth-order valence-electron chi connectivity index (χ4n) is 3.39. The molecule has 3 aromatic rings. The number of hydrogen-bond donors (Lipinski definition) is 0. The standard InChI is InChI=1S/C21H7F9N4O10/c22-19(23,24)8-3-12(31(35)36)17(13(4-8)32(37)38)43-10-1-2-16(11(7-10)21(28,29)30)44-18-14(33(39)40)5-9(20(25,26)27)6-15(18)34(41)42/h1-7H. The van der Waals surface area contributed by atoms with Gasteiger partial charge in [0.2, 0.25) is 0 Å². The van der Waals surface area contributed by atoms with Crippen LogP contribution in [0.2, 0.25) is 0 Å². The highest BCUT2D eigenvalue weighted by Crippen LogP contribution is 2.49. The van der Waals surface area contributed by atoms with Crippen molar-refractivity contribution in [1.82, 2.24) is 0 Å². The molecule has 0 amide bonds. The molecular formula is C21H7F9N4O10. The van der Waals surface area contributed by atoms with Crippen LogP contribution < -0.4 is 9.47 Å². The Balaban J connectivity index is 2.23. The quantitative estimate of drug-likeness (QED) is 0.132. The Bertz CT molecular complexity index is 1630. The molecule has 0 unspecified atom stereocenters. The second-order valence-electron chi connectivity index (χ2n) is 8.07. The van der Waals surface area contributed by atoms with Crippen LogP contribution in [0.3, 0.4) is 0 Å². The molecule has 3 aromatic carbocycles. The maximum atomic E-state index is 13.9. The Hall–Kier alpha value is -5.77. The van der Waals surface area contributed by atoms with Gasteiger partial charge in [0.05, 0.1) is 30.8 Å². The molecule has 3 rings (SSSR count). The van der Waals surface area contributed by atoms with E-state index >= 15 is 0 Å². The molecule has 0 atom stereocenters. The number of nitro benzene ring substituents is 4. The van der Waals surface area contributed by atoms with Crippen LogP contribution in [-0.4, -0.2) is 19.7 Å². The largest absolute Gasteiger partial charge is 0.444 e. The Labute approximate surface area is 233 Å². The van der Waals surface area contributed by atoms with Gasteiger partial charge in [-0.3, -0.25) is 40.5 Å². The molecular weight excluding hydrogens is 639 g/mol. The van der Waals surface area contributed by atoms with Crippen molar-refractivity contribution in [3.8, 4) is 23.0 Å². The van der Waals surface area contributed by atoms with E-state index in [0.717, 1.165) is 0 Å². The van der Waals surface area contributed by atoms with E-state index in [1.54, 1.807) is 0 Å². The number of ether oxygens (including phenoxy) is 2. The highest BCUT2D eigenvalue weighted by atomic mass is 19.4. The molecule has 0 aliphatic heterocycles. The number of alkyl halides is 9. The zero-order chi connectivity index (χ0) is 33.5. The summed E-state index contributed by atoms with van der Waals surface area (Å²) in [6.45, 7) is 0. The maximum absolute atomic E-state index is 13.9. The van der Waals surface area contributed by atoms with Gasteiger partial charge in [0, 0.05) is 24.3 Å². The number of halogens is 9. The average molecular weight is 646 g/mol. The van der Waals surface area contributed by atoms with Crippen LogP contribution in [0.1, 0.15) is 16.7 Å². The van der Waals surface area contributed by atoms with Gasteiger partial charge in [-0.15, -0.1) is 0 Å². The van der Waals surface area contributed by atoms with Gasteiger partial charge in [0.15, 0.2) is 0 Å². The van der Waals surface area contributed by atoms with Crippen LogP contribution in [-0.2, 0) is 18.5 Å². The van der Waals surface area contributed by atoms with Gasteiger partial charge in [0.1, 0.15) is 17.1 Å². The Morgan fingerprint density at radius 2 is 0.841 bits per heavy atom. The third-order valence-corrected chi connectivity index (χ3v) is 5.23. The third kappa shape index (κ3) is 6.81. The predicted molar refractivity (Wildman–Crippen MR) is 121 cm³/mol. The van der Waals surface area contributed by atoms with Crippen molar-refractivity contribution in [2.24, 2.45) is 0 Å². The van der Waals surface area contributed by atoms with E-state index in [4.69, 9.17) is 9.47 Å². The average Bonchev–Trinajstić information content (AvgIpc) is 2.87. The molecule has 23 heteroatoms. The summed E-state index contributed by atoms with van der Waals surface area (Å²) in [6.07, 6.45) is -16.3. The van der Waals surface area contributed by atoms with Crippen molar-refractivity contribution in [3.63, 3.8) is 0 Å². The van der Waals surface area contributed by atoms with E-state index in [2.05, 4.69) is 0 Å². The highest BCUT2D eigenvalue weighted by molar-refractivity contribution is 5.65. The molecule has 0 aliphatic carbocycles. The zero-order valence-electron chi connectivity index (χ0n) is 20.3. The number of benzene rings is 3. The first-order valence-corrected chi connectivity index (χ1v) is 10.7. The summed E-state index contributed by atoms with van der Waals surface area (Å²) in [5.74, 6) is -5.94. The summed E-state index contributed by atoms with van der Waals surface area (Å²) >= 11 is 0. The fraction of sp³-hybridized carbons (Fsp3) is 0.143. The summed E-state index contributed by atoms with van der Waals surface area (Å²) in [5, 5.41) is 45.5. The third-order valence-electron chi connectivity index (χ3n) is 5.23. The van der Waals surface area contributed by atoms with Crippen LogP contribution in [0.25, 0.3) is 0 Å². The fourth-order valence-corrected chi connectivity index (χ4v) is 3.39.